The normalized spacial score (nSPS) is 14.1. The molecule has 6 nitrogen and oxygen atoms in total. The maximum atomic E-state index is 13.5. The quantitative estimate of drug-likeness (QED) is 0.119. The molecule has 202 valence electrons. The smallest absolute Gasteiger partial charge is 0.228 e. The summed E-state index contributed by atoms with van der Waals surface area (Å²) in [5, 5.41) is 19.9. The first-order valence-electron chi connectivity index (χ1n) is 13.2. The van der Waals surface area contributed by atoms with Crippen LogP contribution in [-0.2, 0) is 0 Å². The van der Waals surface area contributed by atoms with Gasteiger partial charge in [-0.05, 0) is 104 Å². The third-order valence-corrected chi connectivity index (χ3v) is 7.88. The lowest BCUT2D eigenvalue weighted by molar-refractivity contribution is 0.583. The van der Waals surface area contributed by atoms with Gasteiger partial charge in [-0.25, -0.2) is 30.2 Å². The van der Waals surface area contributed by atoms with E-state index in [-0.39, 0.29) is 11.4 Å². The minimum atomic E-state index is -0.598. The molecule has 0 N–H and O–H groups in total. The fourth-order valence-corrected chi connectivity index (χ4v) is 5.96. The van der Waals surface area contributed by atoms with Crippen LogP contribution in [0.25, 0.3) is 65.3 Å². The highest BCUT2D eigenvalue weighted by atomic mass is 19.1. The molecule has 0 amide bonds. The number of benzene rings is 3. The molecule has 0 saturated carbocycles. The van der Waals surface area contributed by atoms with Gasteiger partial charge in [-0.1, -0.05) is 24.3 Å². The lowest BCUT2D eigenvalue weighted by Gasteiger charge is -2.09. The number of hydrogen-bond donors (Lipinski definition) is 0. The molecule has 2 aromatic heterocycles. The molecule has 0 bridgehead atoms. The van der Waals surface area contributed by atoms with E-state index in [4.69, 9.17) is 13.1 Å². The van der Waals surface area contributed by atoms with Crippen LogP contribution in [0.2, 0.25) is 0 Å². The first-order valence-corrected chi connectivity index (χ1v) is 13.2. The van der Waals surface area contributed by atoms with E-state index in [2.05, 4.69) is 19.7 Å². The standard InChI is InChI=1S/C36H14F2N6/c1-41-31(15-39)35-27-11-19(21-5-9-33(37)43-17-21)3-7-23(27)25-14-30-26(13-29(25)35)24-8-4-20(22-6-10-34(38)44-18-22)12-28(24)36(30)32(16-40)42-2/h3-14,17-18H/b35-31-,36-32-. The molecule has 0 aliphatic heterocycles. The predicted molar refractivity (Wildman–Crippen MR) is 160 cm³/mol. The van der Waals surface area contributed by atoms with Gasteiger partial charge in [-0.15, -0.1) is 0 Å². The van der Waals surface area contributed by atoms with Crippen LogP contribution in [0.15, 0.2) is 96.6 Å². The summed E-state index contributed by atoms with van der Waals surface area (Å²) in [5.41, 5.74) is 9.42. The van der Waals surface area contributed by atoms with Crippen molar-refractivity contribution in [3.63, 3.8) is 0 Å². The number of fused-ring (bicyclic) bond motifs is 6. The Kier molecular flexibility index (Phi) is 5.93. The lowest BCUT2D eigenvalue weighted by Crippen LogP contribution is -1.90. The van der Waals surface area contributed by atoms with Gasteiger partial charge in [-0.3, -0.25) is 0 Å². The maximum Gasteiger partial charge on any atom is 0.270 e. The second-order valence-corrected chi connectivity index (χ2v) is 10.1. The topological polar surface area (TPSA) is 82.1 Å². The molecule has 7 rings (SSSR count). The molecule has 0 spiro atoms. The fourth-order valence-electron chi connectivity index (χ4n) is 5.96. The first-order chi connectivity index (χ1) is 21.4. The number of nitriles is 2. The molecule has 0 radical (unpaired) electrons. The van der Waals surface area contributed by atoms with Crippen molar-refractivity contribution >= 4 is 11.1 Å². The second kappa shape index (κ2) is 9.97. The summed E-state index contributed by atoms with van der Waals surface area (Å²) in [4.78, 5) is 14.6. The number of halogens is 2. The zero-order valence-electron chi connectivity index (χ0n) is 22.5. The third kappa shape index (κ3) is 3.88. The van der Waals surface area contributed by atoms with E-state index < -0.39 is 11.9 Å². The molecule has 2 heterocycles. The largest absolute Gasteiger partial charge is 0.270 e. The molecule has 8 heteroatoms. The highest BCUT2D eigenvalue weighted by molar-refractivity contribution is 6.11. The molecule has 44 heavy (non-hydrogen) atoms. The molecule has 0 unspecified atom stereocenters. The molecule has 0 fully saturated rings. The van der Waals surface area contributed by atoms with Crippen LogP contribution in [0.1, 0.15) is 22.3 Å². The summed E-state index contributed by atoms with van der Waals surface area (Å²) in [6.07, 6.45) is 2.85. The third-order valence-electron chi connectivity index (χ3n) is 7.88. The van der Waals surface area contributed by atoms with Gasteiger partial charge < -0.3 is 0 Å². The Labute approximate surface area is 250 Å². The Morgan fingerprint density at radius 3 is 1.25 bits per heavy atom. The van der Waals surface area contributed by atoms with Gasteiger partial charge >= 0.3 is 0 Å². The Morgan fingerprint density at radius 1 is 0.523 bits per heavy atom. The van der Waals surface area contributed by atoms with Gasteiger partial charge in [0.15, 0.2) is 0 Å². The zero-order valence-corrected chi connectivity index (χ0v) is 22.5. The van der Waals surface area contributed by atoms with Crippen LogP contribution in [-0.4, -0.2) is 9.97 Å². The summed E-state index contributed by atoms with van der Waals surface area (Å²) in [6.45, 7) is 15.5. The van der Waals surface area contributed by atoms with Gasteiger partial charge in [-0.2, -0.15) is 8.78 Å². The number of hydrogen-bond acceptors (Lipinski definition) is 4. The van der Waals surface area contributed by atoms with Gasteiger partial charge in [0, 0.05) is 34.7 Å². The first kappa shape index (κ1) is 26.2. The van der Waals surface area contributed by atoms with Crippen LogP contribution in [0, 0.1) is 47.7 Å². The van der Waals surface area contributed by atoms with Crippen molar-refractivity contribution in [3.8, 4) is 56.6 Å². The molecule has 2 aliphatic rings. The minimum Gasteiger partial charge on any atom is -0.228 e. The van der Waals surface area contributed by atoms with Crippen molar-refractivity contribution in [1.29, 1.82) is 10.5 Å². The molecular formula is C36H14F2N6. The average molecular weight is 569 g/mol. The number of nitrogens with zero attached hydrogens (tertiary/aromatic N) is 6. The zero-order chi connectivity index (χ0) is 30.5. The van der Waals surface area contributed by atoms with Crippen molar-refractivity contribution in [3.05, 3.63) is 154 Å². The van der Waals surface area contributed by atoms with Gasteiger partial charge in [0.25, 0.3) is 11.4 Å². The summed E-state index contributed by atoms with van der Waals surface area (Å²) in [6, 6.07) is 24.9. The fraction of sp³-hybridized carbons (Fsp3) is 0. The molecule has 3 aromatic carbocycles. The predicted octanol–water partition coefficient (Wildman–Crippen LogP) is 8.45. The van der Waals surface area contributed by atoms with E-state index in [1.54, 1.807) is 12.1 Å². The van der Waals surface area contributed by atoms with Crippen molar-refractivity contribution in [2.45, 2.75) is 0 Å². The van der Waals surface area contributed by atoms with E-state index in [9.17, 15) is 19.3 Å². The summed E-state index contributed by atoms with van der Waals surface area (Å²) >= 11 is 0. The number of rotatable bonds is 2. The van der Waals surface area contributed by atoms with Crippen molar-refractivity contribution < 1.29 is 8.78 Å². The Hall–Kier alpha value is -6.74. The van der Waals surface area contributed by atoms with E-state index in [1.165, 1.54) is 24.5 Å². The lowest BCUT2D eigenvalue weighted by atomic mass is 9.95. The molecular weight excluding hydrogens is 554 g/mol. The number of pyridine rings is 2. The highest BCUT2D eigenvalue weighted by Crippen LogP contribution is 2.54. The van der Waals surface area contributed by atoms with Crippen LogP contribution < -0.4 is 0 Å². The molecule has 2 aliphatic carbocycles. The van der Waals surface area contributed by atoms with E-state index in [1.807, 2.05) is 60.7 Å². The minimum absolute atomic E-state index is 0.0775. The van der Waals surface area contributed by atoms with Gasteiger partial charge in [0.05, 0.1) is 25.3 Å². The Balaban J connectivity index is 1.48. The Morgan fingerprint density at radius 2 is 0.909 bits per heavy atom. The van der Waals surface area contributed by atoms with E-state index in [0.29, 0.717) is 44.5 Å². The van der Waals surface area contributed by atoms with Crippen LogP contribution >= 0.6 is 0 Å². The van der Waals surface area contributed by atoms with Crippen molar-refractivity contribution in [2.24, 2.45) is 0 Å². The summed E-state index contributed by atoms with van der Waals surface area (Å²) in [5.74, 6) is -1.20. The van der Waals surface area contributed by atoms with Gasteiger partial charge in [0.1, 0.15) is 0 Å². The Bertz CT molecular complexity index is 2120. The van der Waals surface area contributed by atoms with Crippen LogP contribution in [0.4, 0.5) is 8.78 Å². The second-order valence-electron chi connectivity index (χ2n) is 10.1. The summed E-state index contributed by atoms with van der Waals surface area (Å²) < 4.78 is 27.0. The molecule has 5 aromatic rings. The maximum absolute atomic E-state index is 13.5. The van der Waals surface area contributed by atoms with Crippen molar-refractivity contribution in [2.75, 3.05) is 0 Å². The molecule has 0 saturated heterocycles. The SMILES string of the molecule is [C-]#[N+]/C(C#N)=C1/c2cc(-c3ccc(F)nc3)ccc2-c2cc3c(cc21)-c1ccc(-c2ccc(F)nc2)cc1/C3=C(\C#N)[N+]#[C-]. The number of allylic oxidation sites excluding steroid dienone is 2. The molecule has 0 atom stereocenters. The highest BCUT2D eigenvalue weighted by Gasteiger charge is 2.33. The number of aromatic nitrogens is 2. The van der Waals surface area contributed by atoms with Gasteiger partial charge in [0.2, 0.25) is 11.9 Å². The van der Waals surface area contributed by atoms with E-state index in [0.717, 1.165) is 33.4 Å². The van der Waals surface area contributed by atoms with Crippen molar-refractivity contribution in [1.82, 2.24) is 9.97 Å². The summed E-state index contributed by atoms with van der Waals surface area (Å²) in [7, 11) is 0. The monoisotopic (exact) mass is 568 g/mol. The average Bonchev–Trinajstić information content (AvgIpc) is 3.53. The van der Waals surface area contributed by atoms with E-state index >= 15 is 0 Å². The van der Waals surface area contributed by atoms with Crippen LogP contribution in [0.3, 0.4) is 0 Å². The van der Waals surface area contributed by atoms with Crippen LogP contribution in [0.5, 0.6) is 0 Å².